The minimum Gasteiger partial charge on any atom is -0.389 e. The number of aliphatic hydroxyl groups excluding tert-OH is 1. The van der Waals surface area contributed by atoms with Crippen LogP contribution in [0.4, 0.5) is 0 Å². The van der Waals surface area contributed by atoms with Crippen molar-refractivity contribution < 1.29 is 5.11 Å². The SMILES string of the molecule is C=C(C)Sc1ccccc1C(C)O. The van der Waals surface area contributed by atoms with Crippen molar-refractivity contribution in [2.75, 3.05) is 0 Å². The molecule has 0 bridgehead atoms. The molecule has 13 heavy (non-hydrogen) atoms. The van der Waals surface area contributed by atoms with Gasteiger partial charge in [0.1, 0.15) is 0 Å². The molecule has 0 aliphatic carbocycles. The number of allylic oxidation sites excluding steroid dienone is 1. The fraction of sp³-hybridized carbons (Fsp3) is 0.273. The van der Waals surface area contributed by atoms with E-state index in [1.165, 1.54) is 0 Å². The summed E-state index contributed by atoms with van der Waals surface area (Å²) in [5.41, 5.74) is 0.968. The minimum atomic E-state index is -0.414. The molecular weight excluding hydrogens is 180 g/mol. The zero-order chi connectivity index (χ0) is 9.84. The highest BCUT2D eigenvalue weighted by Gasteiger charge is 2.06. The third kappa shape index (κ3) is 2.90. The molecule has 2 heteroatoms. The van der Waals surface area contributed by atoms with Crippen molar-refractivity contribution in [3.63, 3.8) is 0 Å². The van der Waals surface area contributed by atoms with Gasteiger partial charge in [0.15, 0.2) is 0 Å². The topological polar surface area (TPSA) is 20.2 Å². The van der Waals surface area contributed by atoms with Gasteiger partial charge in [0, 0.05) is 4.90 Å². The first kappa shape index (κ1) is 10.4. The summed E-state index contributed by atoms with van der Waals surface area (Å²) >= 11 is 1.60. The summed E-state index contributed by atoms with van der Waals surface area (Å²) in [5.74, 6) is 0. The maximum absolute atomic E-state index is 9.47. The summed E-state index contributed by atoms with van der Waals surface area (Å²) in [4.78, 5) is 2.12. The Morgan fingerprint density at radius 3 is 2.62 bits per heavy atom. The Hall–Kier alpha value is -0.730. The molecule has 1 atom stereocenters. The van der Waals surface area contributed by atoms with Gasteiger partial charge in [0.2, 0.25) is 0 Å². The molecule has 1 aromatic carbocycles. The number of rotatable bonds is 3. The maximum atomic E-state index is 9.47. The molecule has 0 aromatic heterocycles. The first-order valence-corrected chi connectivity index (χ1v) is 5.03. The lowest BCUT2D eigenvalue weighted by Gasteiger charge is -2.10. The van der Waals surface area contributed by atoms with Crippen LogP contribution in [-0.4, -0.2) is 5.11 Å². The molecule has 1 unspecified atom stereocenters. The molecule has 0 aliphatic heterocycles. The van der Waals surface area contributed by atoms with Gasteiger partial charge in [-0.1, -0.05) is 36.5 Å². The van der Waals surface area contributed by atoms with Crippen LogP contribution in [0.15, 0.2) is 40.6 Å². The second-order valence-corrected chi connectivity index (χ2v) is 4.36. The Kier molecular flexibility index (Phi) is 3.58. The molecule has 1 aromatic rings. The van der Waals surface area contributed by atoms with E-state index in [2.05, 4.69) is 6.58 Å². The standard InChI is InChI=1S/C11H14OS/c1-8(2)13-11-7-5-4-6-10(11)9(3)12/h4-7,9,12H,1H2,2-3H3. The van der Waals surface area contributed by atoms with Crippen LogP contribution < -0.4 is 0 Å². The fourth-order valence-electron chi connectivity index (χ4n) is 1.11. The number of thioether (sulfide) groups is 1. The molecule has 0 radical (unpaired) electrons. The molecule has 0 aliphatic rings. The summed E-state index contributed by atoms with van der Waals surface area (Å²) in [6, 6.07) is 7.85. The molecule has 1 rings (SSSR count). The Balaban J connectivity index is 2.97. The van der Waals surface area contributed by atoms with Crippen LogP contribution in [0.5, 0.6) is 0 Å². The molecule has 0 fully saturated rings. The molecular formula is C11H14OS. The van der Waals surface area contributed by atoms with Gasteiger partial charge < -0.3 is 5.11 Å². The highest BCUT2D eigenvalue weighted by atomic mass is 32.2. The van der Waals surface area contributed by atoms with E-state index >= 15 is 0 Å². The molecule has 0 heterocycles. The van der Waals surface area contributed by atoms with Crippen molar-refractivity contribution >= 4 is 11.8 Å². The van der Waals surface area contributed by atoms with Crippen molar-refractivity contribution in [1.82, 2.24) is 0 Å². The van der Waals surface area contributed by atoms with E-state index < -0.39 is 6.10 Å². The second kappa shape index (κ2) is 4.49. The maximum Gasteiger partial charge on any atom is 0.0772 e. The summed E-state index contributed by atoms with van der Waals surface area (Å²) in [6.45, 7) is 7.57. The normalized spacial score (nSPS) is 12.5. The predicted molar refractivity (Wildman–Crippen MR) is 57.7 cm³/mol. The predicted octanol–water partition coefficient (Wildman–Crippen LogP) is 3.37. The number of hydrogen-bond acceptors (Lipinski definition) is 2. The third-order valence-corrected chi connectivity index (χ3v) is 2.59. The van der Waals surface area contributed by atoms with Crippen molar-refractivity contribution in [3.8, 4) is 0 Å². The summed E-state index contributed by atoms with van der Waals surface area (Å²) in [7, 11) is 0. The van der Waals surface area contributed by atoms with E-state index in [1.54, 1.807) is 18.7 Å². The third-order valence-electron chi connectivity index (χ3n) is 1.65. The molecule has 0 saturated heterocycles. The molecule has 0 saturated carbocycles. The van der Waals surface area contributed by atoms with E-state index in [9.17, 15) is 5.11 Å². The van der Waals surface area contributed by atoms with Crippen LogP contribution in [0, 0.1) is 0 Å². The fourth-order valence-corrected chi connectivity index (χ4v) is 1.98. The van der Waals surface area contributed by atoms with Crippen LogP contribution in [-0.2, 0) is 0 Å². The Bertz CT molecular complexity index is 305. The van der Waals surface area contributed by atoms with Crippen LogP contribution >= 0.6 is 11.8 Å². The quantitative estimate of drug-likeness (QED) is 0.744. The van der Waals surface area contributed by atoms with E-state index in [-0.39, 0.29) is 0 Å². The molecule has 1 nitrogen and oxygen atoms in total. The van der Waals surface area contributed by atoms with Gasteiger partial charge in [-0.2, -0.15) is 0 Å². The van der Waals surface area contributed by atoms with Gasteiger partial charge in [0.05, 0.1) is 6.10 Å². The number of aliphatic hydroxyl groups is 1. The van der Waals surface area contributed by atoms with E-state index in [0.717, 1.165) is 15.4 Å². The van der Waals surface area contributed by atoms with Crippen LogP contribution in [0.2, 0.25) is 0 Å². The zero-order valence-corrected chi connectivity index (χ0v) is 8.77. The smallest absolute Gasteiger partial charge is 0.0772 e. The average Bonchev–Trinajstić information content (AvgIpc) is 2.03. The Morgan fingerprint density at radius 1 is 1.46 bits per heavy atom. The van der Waals surface area contributed by atoms with Gasteiger partial charge >= 0.3 is 0 Å². The summed E-state index contributed by atoms with van der Waals surface area (Å²) in [6.07, 6.45) is -0.414. The van der Waals surface area contributed by atoms with Gasteiger partial charge in [0.25, 0.3) is 0 Å². The van der Waals surface area contributed by atoms with Gasteiger partial charge in [-0.15, -0.1) is 0 Å². The molecule has 0 spiro atoms. The van der Waals surface area contributed by atoms with E-state index in [0.29, 0.717) is 0 Å². The van der Waals surface area contributed by atoms with Crippen molar-refractivity contribution in [2.45, 2.75) is 24.8 Å². The molecule has 1 N–H and O–H groups in total. The van der Waals surface area contributed by atoms with E-state index in [1.807, 2.05) is 31.2 Å². The highest BCUT2D eigenvalue weighted by Crippen LogP contribution is 2.31. The van der Waals surface area contributed by atoms with E-state index in [4.69, 9.17) is 0 Å². The van der Waals surface area contributed by atoms with Gasteiger partial charge in [-0.25, -0.2) is 0 Å². The average molecular weight is 194 g/mol. The van der Waals surface area contributed by atoms with Crippen LogP contribution in [0.1, 0.15) is 25.5 Å². The van der Waals surface area contributed by atoms with Crippen molar-refractivity contribution in [1.29, 1.82) is 0 Å². The van der Waals surface area contributed by atoms with Crippen molar-refractivity contribution in [2.24, 2.45) is 0 Å². The van der Waals surface area contributed by atoms with Crippen LogP contribution in [0.3, 0.4) is 0 Å². The van der Waals surface area contributed by atoms with Crippen molar-refractivity contribution in [3.05, 3.63) is 41.3 Å². The Labute approximate surface area is 83.5 Å². The lowest BCUT2D eigenvalue weighted by molar-refractivity contribution is 0.196. The lowest BCUT2D eigenvalue weighted by atomic mass is 10.1. The van der Waals surface area contributed by atoms with Crippen LogP contribution in [0.25, 0.3) is 0 Å². The van der Waals surface area contributed by atoms with Gasteiger partial charge in [-0.3, -0.25) is 0 Å². The second-order valence-electron chi connectivity index (χ2n) is 3.02. The molecule has 0 amide bonds. The largest absolute Gasteiger partial charge is 0.389 e. The lowest BCUT2D eigenvalue weighted by Crippen LogP contribution is -1.92. The Morgan fingerprint density at radius 2 is 2.08 bits per heavy atom. The number of benzene rings is 1. The first-order chi connectivity index (χ1) is 6.11. The van der Waals surface area contributed by atoms with Gasteiger partial charge in [-0.05, 0) is 30.4 Å². The zero-order valence-electron chi connectivity index (χ0n) is 7.95. The summed E-state index contributed by atoms with van der Waals surface area (Å²) < 4.78 is 0. The monoisotopic (exact) mass is 194 g/mol. The highest BCUT2D eigenvalue weighted by molar-refractivity contribution is 8.03. The first-order valence-electron chi connectivity index (χ1n) is 4.21. The minimum absolute atomic E-state index is 0.414. The molecule has 70 valence electrons. The summed E-state index contributed by atoms with van der Waals surface area (Å²) in [5, 5.41) is 9.47. The number of hydrogen-bond donors (Lipinski definition) is 1.